The van der Waals surface area contributed by atoms with Gasteiger partial charge in [0.25, 0.3) is 0 Å². The topological polar surface area (TPSA) is 45.0 Å². The number of ether oxygens (including phenoxy) is 1. The molecule has 3 heteroatoms. The van der Waals surface area contributed by atoms with Crippen molar-refractivity contribution in [3.63, 3.8) is 0 Å². The summed E-state index contributed by atoms with van der Waals surface area (Å²) < 4.78 is 5.65. The van der Waals surface area contributed by atoms with Gasteiger partial charge in [-0.3, -0.25) is 0 Å². The molecule has 0 aromatic heterocycles. The van der Waals surface area contributed by atoms with E-state index in [1.165, 1.54) is 5.56 Å². The summed E-state index contributed by atoms with van der Waals surface area (Å²) in [6.45, 7) is 9.78. The lowest BCUT2D eigenvalue weighted by Crippen LogP contribution is -2.28. The van der Waals surface area contributed by atoms with E-state index in [1.54, 1.807) is 0 Å². The molecule has 1 atom stereocenters. The lowest BCUT2D eigenvalue weighted by atomic mass is 10.1. The minimum absolute atomic E-state index is 0.0840. The smallest absolute Gasteiger partial charge is 0.0991 e. The van der Waals surface area contributed by atoms with Crippen molar-refractivity contribution in [2.75, 3.05) is 13.2 Å². The highest BCUT2D eigenvalue weighted by Crippen LogP contribution is 2.13. The largest absolute Gasteiger partial charge is 0.375 e. The maximum Gasteiger partial charge on any atom is 0.0991 e. The van der Waals surface area contributed by atoms with Gasteiger partial charge < -0.3 is 10.1 Å². The molecule has 1 unspecified atom stereocenters. The van der Waals surface area contributed by atoms with Crippen LogP contribution in [0.4, 0.5) is 0 Å². The summed E-state index contributed by atoms with van der Waals surface area (Å²) in [5.41, 5.74) is 1.80. The Balaban J connectivity index is 2.36. The third-order valence-electron chi connectivity index (χ3n) is 2.63. The minimum atomic E-state index is -0.0840. The first-order chi connectivity index (χ1) is 8.42. The second-order valence-corrected chi connectivity index (χ2v) is 5.37. The Labute approximate surface area is 110 Å². The summed E-state index contributed by atoms with van der Waals surface area (Å²) >= 11 is 0. The number of rotatable bonds is 5. The molecule has 1 aromatic carbocycles. The first kappa shape index (κ1) is 14.7. The molecule has 1 rings (SSSR count). The van der Waals surface area contributed by atoms with Crippen LogP contribution in [0.25, 0.3) is 0 Å². The predicted molar refractivity (Wildman–Crippen MR) is 73.3 cm³/mol. The number of nitrogens with zero attached hydrogens (tertiary/aromatic N) is 1. The number of benzene rings is 1. The van der Waals surface area contributed by atoms with Crippen LogP contribution < -0.4 is 5.32 Å². The lowest BCUT2D eigenvalue weighted by Gasteiger charge is -2.21. The molecule has 0 aliphatic heterocycles. The molecule has 0 heterocycles. The van der Waals surface area contributed by atoms with Crippen LogP contribution in [0.2, 0.25) is 0 Å². The van der Waals surface area contributed by atoms with Gasteiger partial charge >= 0.3 is 0 Å². The molecule has 98 valence electrons. The molecule has 0 aliphatic rings. The highest BCUT2D eigenvalue weighted by Gasteiger charge is 2.10. The predicted octanol–water partition coefficient (Wildman–Crippen LogP) is 3.02. The Morgan fingerprint density at radius 3 is 2.39 bits per heavy atom. The van der Waals surface area contributed by atoms with Crippen molar-refractivity contribution in [1.29, 1.82) is 5.26 Å². The molecule has 1 aromatic rings. The molecule has 18 heavy (non-hydrogen) atoms. The molecular weight excluding hydrogens is 224 g/mol. The maximum atomic E-state index is 8.73. The van der Waals surface area contributed by atoms with Gasteiger partial charge in [-0.05, 0) is 45.4 Å². The molecule has 0 aliphatic carbocycles. The zero-order valence-corrected chi connectivity index (χ0v) is 11.7. The number of nitrogens with one attached hydrogen (secondary N) is 1. The Hall–Kier alpha value is -1.37. The highest BCUT2D eigenvalue weighted by molar-refractivity contribution is 5.32. The van der Waals surface area contributed by atoms with Gasteiger partial charge in [0.15, 0.2) is 0 Å². The van der Waals surface area contributed by atoms with Crippen molar-refractivity contribution in [2.45, 2.75) is 39.3 Å². The molecule has 0 amide bonds. The van der Waals surface area contributed by atoms with Crippen LogP contribution in [-0.4, -0.2) is 18.8 Å². The number of nitriles is 1. The summed E-state index contributed by atoms with van der Waals surface area (Å²) in [5, 5.41) is 12.1. The zero-order valence-electron chi connectivity index (χ0n) is 11.7. The Bertz CT molecular complexity index is 398. The molecule has 0 fully saturated rings. The van der Waals surface area contributed by atoms with Crippen LogP contribution >= 0.6 is 0 Å². The SMILES string of the molecule is CC(NCCOC(C)(C)C)c1ccc(C#N)cc1. The van der Waals surface area contributed by atoms with Crippen molar-refractivity contribution in [2.24, 2.45) is 0 Å². The summed E-state index contributed by atoms with van der Waals surface area (Å²) in [4.78, 5) is 0. The minimum Gasteiger partial charge on any atom is -0.375 e. The summed E-state index contributed by atoms with van der Waals surface area (Å²) in [7, 11) is 0. The third kappa shape index (κ3) is 5.31. The van der Waals surface area contributed by atoms with E-state index in [2.05, 4.69) is 39.1 Å². The van der Waals surface area contributed by atoms with Crippen LogP contribution in [0.1, 0.15) is 44.9 Å². The van der Waals surface area contributed by atoms with Crippen LogP contribution in [-0.2, 0) is 4.74 Å². The Morgan fingerprint density at radius 2 is 1.89 bits per heavy atom. The van der Waals surface area contributed by atoms with Gasteiger partial charge in [-0.2, -0.15) is 5.26 Å². The fraction of sp³-hybridized carbons (Fsp3) is 0.533. The van der Waals surface area contributed by atoms with Crippen LogP contribution in [0.5, 0.6) is 0 Å². The Morgan fingerprint density at radius 1 is 1.28 bits per heavy atom. The van der Waals surface area contributed by atoms with Gasteiger partial charge in [-0.25, -0.2) is 0 Å². The second kappa shape index (κ2) is 6.53. The maximum absolute atomic E-state index is 8.73. The van der Waals surface area contributed by atoms with Crippen molar-refractivity contribution < 1.29 is 4.74 Å². The van der Waals surface area contributed by atoms with Crippen molar-refractivity contribution in [3.05, 3.63) is 35.4 Å². The van der Waals surface area contributed by atoms with Crippen LogP contribution in [0.3, 0.4) is 0 Å². The van der Waals surface area contributed by atoms with Gasteiger partial charge in [-0.1, -0.05) is 12.1 Å². The summed E-state index contributed by atoms with van der Waals surface area (Å²) in [5.74, 6) is 0. The molecule has 0 spiro atoms. The average molecular weight is 246 g/mol. The number of hydrogen-bond acceptors (Lipinski definition) is 3. The van der Waals surface area contributed by atoms with Gasteiger partial charge in [0.2, 0.25) is 0 Å². The summed E-state index contributed by atoms with van der Waals surface area (Å²) in [6, 6.07) is 10.1. The third-order valence-corrected chi connectivity index (χ3v) is 2.63. The van der Waals surface area contributed by atoms with E-state index in [9.17, 15) is 0 Å². The van der Waals surface area contributed by atoms with Gasteiger partial charge in [0.1, 0.15) is 0 Å². The fourth-order valence-electron chi connectivity index (χ4n) is 1.60. The van der Waals surface area contributed by atoms with Gasteiger partial charge in [0.05, 0.1) is 23.8 Å². The first-order valence-corrected chi connectivity index (χ1v) is 6.30. The van der Waals surface area contributed by atoms with Crippen molar-refractivity contribution in [3.8, 4) is 6.07 Å². The van der Waals surface area contributed by atoms with E-state index < -0.39 is 0 Å². The molecule has 0 bridgehead atoms. The van der Waals surface area contributed by atoms with E-state index in [0.29, 0.717) is 12.2 Å². The van der Waals surface area contributed by atoms with Crippen molar-refractivity contribution >= 4 is 0 Å². The standard InChI is InChI=1S/C15H22N2O/c1-12(17-9-10-18-15(2,3)4)14-7-5-13(11-16)6-8-14/h5-8,12,17H,9-10H2,1-4H3. The Kier molecular flexibility index (Phi) is 5.33. The normalized spacial score (nSPS) is 13.1. The van der Waals surface area contributed by atoms with E-state index in [0.717, 1.165) is 6.54 Å². The van der Waals surface area contributed by atoms with E-state index >= 15 is 0 Å². The first-order valence-electron chi connectivity index (χ1n) is 6.30. The van der Waals surface area contributed by atoms with E-state index in [1.807, 2.05) is 24.3 Å². The lowest BCUT2D eigenvalue weighted by molar-refractivity contribution is -0.00149. The van der Waals surface area contributed by atoms with Gasteiger partial charge in [-0.15, -0.1) is 0 Å². The monoisotopic (exact) mass is 246 g/mol. The van der Waals surface area contributed by atoms with E-state index in [4.69, 9.17) is 10.00 Å². The zero-order chi connectivity index (χ0) is 13.6. The molecule has 0 radical (unpaired) electrons. The van der Waals surface area contributed by atoms with Crippen LogP contribution in [0, 0.1) is 11.3 Å². The van der Waals surface area contributed by atoms with E-state index in [-0.39, 0.29) is 11.6 Å². The fourth-order valence-corrected chi connectivity index (χ4v) is 1.60. The molecule has 1 N–H and O–H groups in total. The second-order valence-electron chi connectivity index (χ2n) is 5.37. The van der Waals surface area contributed by atoms with Gasteiger partial charge in [0, 0.05) is 12.6 Å². The number of hydrogen-bond donors (Lipinski definition) is 1. The highest BCUT2D eigenvalue weighted by atomic mass is 16.5. The van der Waals surface area contributed by atoms with Crippen LogP contribution in [0.15, 0.2) is 24.3 Å². The molecule has 0 saturated carbocycles. The summed E-state index contributed by atoms with van der Waals surface area (Å²) in [6.07, 6.45) is 0. The molecule has 3 nitrogen and oxygen atoms in total. The van der Waals surface area contributed by atoms with Crippen molar-refractivity contribution in [1.82, 2.24) is 5.32 Å². The molecule has 0 saturated heterocycles. The average Bonchev–Trinajstić information content (AvgIpc) is 2.33. The molecular formula is C15H22N2O. The quantitative estimate of drug-likeness (QED) is 0.812.